The van der Waals surface area contributed by atoms with E-state index in [1.165, 1.54) is 12.1 Å². The Balaban J connectivity index is 1.38. The number of fused-ring (bicyclic) bond motifs is 6. The van der Waals surface area contributed by atoms with Gasteiger partial charge >= 0.3 is 6.18 Å². The van der Waals surface area contributed by atoms with Gasteiger partial charge in [-0.15, -0.1) is 0 Å². The van der Waals surface area contributed by atoms with Gasteiger partial charge in [0.1, 0.15) is 0 Å². The summed E-state index contributed by atoms with van der Waals surface area (Å²) >= 11 is 0. The minimum atomic E-state index is -4.68. The lowest BCUT2D eigenvalue weighted by Crippen LogP contribution is -2.08. The molecule has 0 aliphatic heterocycles. The van der Waals surface area contributed by atoms with Crippen molar-refractivity contribution in [3.05, 3.63) is 204 Å². The molecule has 0 saturated heterocycles. The minimum Gasteiger partial charge on any atom is -0.308 e. The molecule has 60 heavy (non-hydrogen) atoms. The molecule has 282 valence electrons. The topological polar surface area (TPSA) is 42.4 Å². The standard InChI is InChI=1S/C52H28F3N5/c1-57-44-20-10-6-15-36(44)33-24-26-41-38-17-7-11-21-46(38)59(49(41)28-33)50-29-42(37-16-5-9-19-43(37)52(53,54)55)45(58-2)30-51(50)60-47-22-12-8-18-39(47)40-25-23-32(27-48(40)60)35-14-4-3-13-34(35)31-56/h3-30H. The van der Waals surface area contributed by atoms with Crippen molar-refractivity contribution in [2.24, 2.45) is 0 Å². The number of hydrogen-bond donors (Lipinski definition) is 0. The summed E-state index contributed by atoms with van der Waals surface area (Å²) in [4.78, 5) is 7.69. The highest BCUT2D eigenvalue weighted by molar-refractivity contribution is 6.13. The van der Waals surface area contributed by atoms with Crippen LogP contribution in [0, 0.1) is 24.5 Å². The van der Waals surface area contributed by atoms with E-state index in [-0.39, 0.29) is 16.8 Å². The third-order valence-electron chi connectivity index (χ3n) is 11.3. The van der Waals surface area contributed by atoms with Gasteiger partial charge in [-0.1, -0.05) is 121 Å². The Morgan fingerprint density at radius 3 is 1.53 bits per heavy atom. The number of para-hydroxylation sites is 3. The third-order valence-corrected chi connectivity index (χ3v) is 11.3. The van der Waals surface area contributed by atoms with Gasteiger partial charge in [-0.25, -0.2) is 9.69 Å². The predicted octanol–water partition coefficient (Wildman–Crippen LogP) is 14.9. The maximum Gasteiger partial charge on any atom is 0.416 e. The molecular weight excluding hydrogens is 752 g/mol. The van der Waals surface area contributed by atoms with E-state index in [2.05, 4.69) is 24.9 Å². The van der Waals surface area contributed by atoms with E-state index in [9.17, 15) is 18.4 Å². The van der Waals surface area contributed by atoms with Crippen molar-refractivity contribution in [3.63, 3.8) is 0 Å². The van der Waals surface area contributed by atoms with Crippen LogP contribution in [0.15, 0.2) is 170 Å². The summed E-state index contributed by atoms with van der Waals surface area (Å²) < 4.78 is 48.5. The van der Waals surface area contributed by atoms with Gasteiger partial charge in [-0.05, 0) is 81.9 Å². The number of benzene rings is 8. The van der Waals surface area contributed by atoms with Crippen LogP contribution in [0.3, 0.4) is 0 Å². The van der Waals surface area contributed by atoms with Gasteiger partial charge in [0.05, 0.1) is 63.8 Å². The maximum absolute atomic E-state index is 14.8. The van der Waals surface area contributed by atoms with Crippen LogP contribution in [0.2, 0.25) is 0 Å². The molecule has 2 heterocycles. The van der Waals surface area contributed by atoms with Crippen molar-refractivity contribution in [2.45, 2.75) is 6.18 Å². The number of alkyl halides is 3. The summed E-state index contributed by atoms with van der Waals surface area (Å²) in [6.45, 7) is 16.3. The average Bonchev–Trinajstić information content (AvgIpc) is 3.80. The normalized spacial score (nSPS) is 11.5. The Labute approximate surface area is 342 Å². The minimum absolute atomic E-state index is 0.0507. The van der Waals surface area contributed by atoms with Crippen molar-refractivity contribution in [3.8, 4) is 50.8 Å². The summed E-state index contributed by atoms with van der Waals surface area (Å²) in [7, 11) is 0. The van der Waals surface area contributed by atoms with Crippen LogP contribution < -0.4 is 0 Å². The Morgan fingerprint density at radius 2 is 0.933 bits per heavy atom. The molecule has 2 aromatic heterocycles. The smallest absolute Gasteiger partial charge is 0.308 e. The first-order valence-corrected chi connectivity index (χ1v) is 19.0. The van der Waals surface area contributed by atoms with E-state index >= 15 is 0 Å². The molecule has 10 rings (SSSR count). The number of rotatable bonds is 5. The quantitative estimate of drug-likeness (QED) is 0.160. The van der Waals surface area contributed by atoms with E-state index in [0.29, 0.717) is 22.6 Å². The fourth-order valence-electron chi connectivity index (χ4n) is 8.64. The van der Waals surface area contributed by atoms with E-state index in [1.54, 1.807) is 30.3 Å². The summed E-state index contributed by atoms with van der Waals surface area (Å²) in [5, 5.41) is 13.7. The first-order valence-electron chi connectivity index (χ1n) is 19.0. The van der Waals surface area contributed by atoms with Crippen molar-refractivity contribution in [1.82, 2.24) is 9.13 Å². The van der Waals surface area contributed by atoms with Crippen LogP contribution in [0.5, 0.6) is 0 Å². The van der Waals surface area contributed by atoms with Gasteiger partial charge < -0.3 is 9.13 Å². The molecule has 0 N–H and O–H groups in total. The zero-order valence-corrected chi connectivity index (χ0v) is 31.5. The molecule has 0 aliphatic rings. The van der Waals surface area contributed by atoms with Crippen molar-refractivity contribution < 1.29 is 13.2 Å². The second-order valence-corrected chi connectivity index (χ2v) is 14.5. The summed E-state index contributed by atoms with van der Waals surface area (Å²) in [6.07, 6.45) is -4.68. The van der Waals surface area contributed by atoms with E-state index in [1.807, 2.05) is 121 Å². The number of halogens is 3. The van der Waals surface area contributed by atoms with Crippen LogP contribution in [0.1, 0.15) is 11.1 Å². The Morgan fingerprint density at radius 1 is 0.450 bits per heavy atom. The monoisotopic (exact) mass is 779 g/mol. The summed E-state index contributed by atoms with van der Waals surface area (Å²) in [5.41, 5.74) is 7.68. The van der Waals surface area contributed by atoms with Crippen LogP contribution in [0.25, 0.3) is 98.1 Å². The van der Waals surface area contributed by atoms with Crippen LogP contribution >= 0.6 is 0 Å². The van der Waals surface area contributed by atoms with Crippen LogP contribution in [-0.2, 0) is 6.18 Å². The fraction of sp³-hybridized carbons (Fsp3) is 0.0192. The molecule has 0 bridgehead atoms. The van der Waals surface area contributed by atoms with Crippen molar-refractivity contribution in [1.29, 1.82) is 5.26 Å². The van der Waals surface area contributed by atoms with Gasteiger partial charge in [0.25, 0.3) is 0 Å². The number of nitrogens with zero attached hydrogens (tertiary/aromatic N) is 5. The van der Waals surface area contributed by atoms with E-state index in [4.69, 9.17) is 13.1 Å². The van der Waals surface area contributed by atoms with Crippen LogP contribution in [-0.4, -0.2) is 9.13 Å². The molecule has 0 radical (unpaired) electrons. The maximum atomic E-state index is 14.8. The molecule has 8 aromatic carbocycles. The first kappa shape index (κ1) is 36.0. The molecule has 8 heteroatoms. The van der Waals surface area contributed by atoms with Gasteiger partial charge in [0.15, 0.2) is 11.4 Å². The Hall–Kier alpha value is -8.38. The van der Waals surface area contributed by atoms with Crippen LogP contribution in [0.4, 0.5) is 24.5 Å². The van der Waals surface area contributed by atoms with Gasteiger partial charge in [0.2, 0.25) is 0 Å². The fourth-order valence-corrected chi connectivity index (χ4v) is 8.64. The molecular formula is C52H28F3N5. The number of aromatic nitrogens is 2. The zero-order valence-electron chi connectivity index (χ0n) is 31.5. The highest BCUT2D eigenvalue weighted by Gasteiger charge is 2.34. The molecule has 0 unspecified atom stereocenters. The highest BCUT2D eigenvalue weighted by atomic mass is 19.4. The summed E-state index contributed by atoms with van der Waals surface area (Å²) in [5.74, 6) is 0. The second kappa shape index (κ2) is 13.9. The van der Waals surface area contributed by atoms with Gasteiger partial charge in [-0.3, -0.25) is 0 Å². The van der Waals surface area contributed by atoms with Crippen molar-refractivity contribution in [2.75, 3.05) is 0 Å². The summed E-state index contributed by atoms with van der Waals surface area (Å²) in [6, 6.07) is 53.8. The molecule has 0 spiro atoms. The molecule has 10 aromatic rings. The van der Waals surface area contributed by atoms with Gasteiger partial charge in [0, 0.05) is 21.5 Å². The van der Waals surface area contributed by atoms with E-state index < -0.39 is 11.7 Å². The predicted molar refractivity (Wildman–Crippen MR) is 234 cm³/mol. The van der Waals surface area contributed by atoms with E-state index in [0.717, 1.165) is 71.9 Å². The van der Waals surface area contributed by atoms with Crippen molar-refractivity contribution >= 4 is 55.0 Å². The molecule has 0 saturated carbocycles. The van der Waals surface area contributed by atoms with Gasteiger partial charge in [-0.2, -0.15) is 18.4 Å². The molecule has 0 aliphatic carbocycles. The molecule has 5 nitrogen and oxygen atoms in total. The first-order chi connectivity index (χ1) is 29.3. The average molecular weight is 780 g/mol. The number of nitriles is 1. The number of hydrogen-bond acceptors (Lipinski definition) is 1. The second-order valence-electron chi connectivity index (χ2n) is 14.5. The lowest BCUT2D eigenvalue weighted by molar-refractivity contribution is -0.137. The Kier molecular flexibility index (Phi) is 8.35. The third kappa shape index (κ3) is 5.61. The molecule has 0 amide bonds. The highest BCUT2D eigenvalue weighted by Crippen LogP contribution is 2.47. The lowest BCUT2D eigenvalue weighted by Gasteiger charge is -2.21. The lowest BCUT2D eigenvalue weighted by atomic mass is 9.96. The molecule has 0 atom stereocenters. The Bertz CT molecular complexity index is 3530. The SMILES string of the molecule is [C-]#[N+]c1ccccc1-c1ccc2c3ccccc3n(-c3cc(-c4ccccc4C(F)(F)F)c([N+]#[C-])cc3-n3c4ccccc4c4ccc(-c5ccccc5C#N)cc43)c2c1. The molecule has 0 fully saturated rings. The zero-order chi connectivity index (χ0) is 41.1. The largest absolute Gasteiger partial charge is 0.416 e.